The summed E-state index contributed by atoms with van der Waals surface area (Å²) in [5, 5.41) is 6.46. The van der Waals surface area contributed by atoms with Gasteiger partial charge in [-0.3, -0.25) is 14.4 Å². The smallest absolute Gasteiger partial charge is 0.283 e. The maximum Gasteiger partial charge on any atom is 0.283 e. The molecule has 172 valence electrons. The van der Waals surface area contributed by atoms with Crippen LogP contribution in [0, 0.1) is 6.92 Å². The summed E-state index contributed by atoms with van der Waals surface area (Å²) in [4.78, 5) is 39.0. The van der Waals surface area contributed by atoms with Crippen molar-refractivity contribution in [2.24, 2.45) is 0 Å². The zero-order valence-corrected chi connectivity index (χ0v) is 20.1. The molecule has 3 amide bonds. The fourth-order valence-corrected chi connectivity index (χ4v) is 4.05. The first kappa shape index (κ1) is 23.8. The number of anilines is 3. The van der Waals surface area contributed by atoms with Crippen molar-refractivity contribution >= 4 is 69.6 Å². The molecule has 3 aromatic carbocycles. The van der Waals surface area contributed by atoms with Crippen LogP contribution in [-0.2, 0) is 20.8 Å². The first-order chi connectivity index (χ1) is 16.2. The van der Waals surface area contributed by atoms with Gasteiger partial charge in [-0.1, -0.05) is 59.1 Å². The molecular formula is C25H18Cl3N3O3. The number of halogens is 3. The van der Waals surface area contributed by atoms with E-state index in [1.54, 1.807) is 73.7 Å². The number of carbonyl (C=O) groups excluding carboxylic acids is 3. The summed E-state index contributed by atoms with van der Waals surface area (Å²) in [5.41, 5.74) is 2.85. The number of benzene rings is 3. The number of imide groups is 1. The van der Waals surface area contributed by atoms with Gasteiger partial charge in [0.1, 0.15) is 10.7 Å². The Hall–Kier alpha value is -3.32. The SMILES string of the molecule is Cc1c(Cl)cccc1N1C(=O)C(Cl)=C(Nc2ccc(CC(=O)Nc3cccc(Cl)c3)cc2)C1=O. The highest BCUT2D eigenvalue weighted by atomic mass is 35.5. The second-order valence-electron chi connectivity index (χ2n) is 7.58. The number of hydrogen-bond acceptors (Lipinski definition) is 4. The molecule has 4 rings (SSSR count). The van der Waals surface area contributed by atoms with Crippen molar-refractivity contribution in [3.05, 3.63) is 98.6 Å². The molecule has 6 nitrogen and oxygen atoms in total. The van der Waals surface area contributed by atoms with Crippen molar-refractivity contribution in [1.29, 1.82) is 0 Å². The number of carbonyl (C=O) groups is 3. The Labute approximate surface area is 211 Å². The maximum absolute atomic E-state index is 13.0. The summed E-state index contributed by atoms with van der Waals surface area (Å²) >= 11 is 18.3. The van der Waals surface area contributed by atoms with Gasteiger partial charge >= 0.3 is 0 Å². The Bertz CT molecular complexity index is 1340. The van der Waals surface area contributed by atoms with Crippen molar-refractivity contribution in [3.8, 4) is 0 Å². The van der Waals surface area contributed by atoms with E-state index in [1.807, 2.05) is 0 Å². The third-order valence-electron chi connectivity index (χ3n) is 5.20. The van der Waals surface area contributed by atoms with Gasteiger partial charge in [0, 0.05) is 21.4 Å². The normalized spacial score (nSPS) is 13.5. The topological polar surface area (TPSA) is 78.5 Å². The second-order valence-corrected chi connectivity index (χ2v) is 8.80. The molecule has 0 atom stereocenters. The van der Waals surface area contributed by atoms with Gasteiger partial charge in [-0.2, -0.15) is 0 Å². The molecule has 34 heavy (non-hydrogen) atoms. The lowest BCUT2D eigenvalue weighted by Crippen LogP contribution is -2.32. The lowest BCUT2D eigenvalue weighted by Gasteiger charge is -2.18. The van der Waals surface area contributed by atoms with Gasteiger partial charge in [0.2, 0.25) is 5.91 Å². The van der Waals surface area contributed by atoms with Crippen LogP contribution in [0.3, 0.4) is 0 Å². The van der Waals surface area contributed by atoms with E-state index in [9.17, 15) is 14.4 Å². The molecular weight excluding hydrogens is 497 g/mol. The standard InChI is InChI=1S/C25H18Cl3N3O3/c1-14-19(27)6-3-7-20(14)31-24(33)22(28)23(25(31)34)30-17-10-8-15(9-11-17)12-21(32)29-18-5-2-4-16(26)13-18/h2-11,13,30H,12H2,1H3,(H,29,32). The summed E-state index contributed by atoms with van der Waals surface area (Å²) in [7, 11) is 0. The number of hydrogen-bond donors (Lipinski definition) is 2. The van der Waals surface area contributed by atoms with Crippen LogP contribution in [0.4, 0.5) is 17.1 Å². The van der Waals surface area contributed by atoms with Gasteiger partial charge in [0.15, 0.2) is 0 Å². The first-order valence-electron chi connectivity index (χ1n) is 10.2. The predicted octanol–water partition coefficient (Wildman–Crippen LogP) is 5.92. The summed E-state index contributed by atoms with van der Waals surface area (Å²) in [6, 6.07) is 18.7. The lowest BCUT2D eigenvalue weighted by molar-refractivity contribution is -0.120. The average Bonchev–Trinajstić information content (AvgIpc) is 3.00. The van der Waals surface area contributed by atoms with Crippen LogP contribution in [0.5, 0.6) is 0 Å². The van der Waals surface area contributed by atoms with E-state index in [-0.39, 0.29) is 23.1 Å². The van der Waals surface area contributed by atoms with Gasteiger partial charge in [0.05, 0.1) is 12.1 Å². The highest BCUT2D eigenvalue weighted by molar-refractivity contribution is 6.53. The molecule has 1 aliphatic rings. The quantitative estimate of drug-likeness (QED) is 0.400. The van der Waals surface area contributed by atoms with Crippen molar-refractivity contribution in [3.63, 3.8) is 0 Å². The van der Waals surface area contributed by atoms with Crippen LogP contribution < -0.4 is 15.5 Å². The van der Waals surface area contributed by atoms with Crippen LogP contribution >= 0.6 is 34.8 Å². The highest BCUT2D eigenvalue weighted by Crippen LogP contribution is 2.34. The summed E-state index contributed by atoms with van der Waals surface area (Å²) in [6.45, 7) is 1.72. The molecule has 0 aliphatic carbocycles. The molecule has 1 aliphatic heterocycles. The molecule has 0 bridgehead atoms. The van der Waals surface area contributed by atoms with Crippen molar-refractivity contribution in [1.82, 2.24) is 0 Å². The zero-order valence-electron chi connectivity index (χ0n) is 17.9. The van der Waals surface area contributed by atoms with Gasteiger partial charge in [-0.25, -0.2) is 4.90 Å². The van der Waals surface area contributed by atoms with E-state index in [2.05, 4.69) is 10.6 Å². The molecule has 0 fully saturated rings. The Morgan fingerprint density at radius 3 is 2.29 bits per heavy atom. The molecule has 0 aromatic heterocycles. The van der Waals surface area contributed by atoms with Crippen molar-refractivity contribution in [2.45, 2.75) is 13.3 Å². The minimum absolute atomic E-state index is 0.0301. The van der Waals surface area contributed by atoms with E-state index in [0.29, 0.717) is 32.7 Å². The van der Waals surface area contributed by atoms with E-state index < -0.39 is 11.8 Å². The first-order valence-corrected chi connectivity index (χ1v) is 11.3. The van der Waals surface area contributed by atoms with Crippen LogP contribution in [0.15, 0.2) is 77.5 Å². The second kappa shape index (κ2) is 9.89. The van der Waals surface area contributed by atoms with Crippen LogP contribution in [0.1, 0.15) is 11.1 Å². The largest absolute Gasteiger partial charge is 0.350 e. The van der Waals surface area contributed by atoms with E-state index in [4.69, 9.17) is 34.8 Å². The summed E-state index contributed by atoms with van der Waals surface area (Å²) < 4.78 is 0. The monoisotopic (exact) mass is 513 g/mol. The van der Waals surface area contributed by atoms with Gasteiger partial charge in [-0.15, -0.1) is 0 Å². The summed E-state index contributed by atoms with van der Waals surface area (Å²) in [5.74, 6) is -1.41. The number of rotatable bonds is 6. The number of nitrogens with one attached hydrogen (secondary N) is 2. The average molecular weight is 515 g/mol. The molecule has 3 aromatic rings. The van der Waals surface area contributed by atoms with Crippen LogP contribution in [0.2, 0.25) is 10.0 Å². The van der Waals surface area contributed by atoms with Gasteiger partial charge < -0.3 is 10.6 Å². The van der Waals surface area contributed by atoms with Crippen molar-refractivity contribution < 1.29 is 14.4 Å². The van der Waals surface area contributed by atoms with Gasteiger partial charge in [0.25, 0.3) is 11.8 Å². The zero-order chi connectivity index (χ0) is 24.4. The molecule has 0 spiro atoms. The Kier molecular flexibility index (Phi) is 6.93. The maximum atomic E-state index is 13.0. The molecule has 2 N–H and O–H groups in total. The van der Waals surface area contributed by atoms with Crippen molar-refractivity contribution in [2.75, 3.05) is 15.5 Å². The minimum atomic E-state index is -0.631. The Balaban J connectivity index is 1.44. The van der Waals surface area contributed by atoms with E-state index in [1.165, 1.54) is 0 Å². The third kappa shape index (κ3) is 4.94. The molecule has 1 heterocycles. The van der Waals surface area contributed by atoms with Crippen LogP contribution in [0.25, 0.3) is 0 Å². The molecule has 0 saturated heterocycles. The van der Waals surface area contributed by atoms with Crippen LogP contribution in [-0.4, -0.2) is 17.7 Å². The lowest BCUT2D eigenvalue weighted by atomic mass is 10.1. The molecule has 0 unspecified atom stereocenters. The number of amides is 3. The fourth-order valence-electron chi connectivity index (χ4n) is 3.48. The van der Waals surface area contributed by atoms with E-state index in [0.717, 1.165) is 10.5 Å². The third-order valence-corrected chi connectivity index (χ3v) is 6.20. The molecule has 9 heteroatoms. The molecule has 0 saturated carbocycles. The Morgan fingerprint density at radius 1 is 0.882 bits per heavy atom. The predicted molar refractivity (Wildman–Crippen MR) is 135 cm³/mol. The summed E-state index contributed by atoms with van der Waals surface area (Å²) in [6.07, 6.45) is 0.148. The number of nitrogens with zero attached hydrogens (tertiary/aromatic N) is 1. The minimum Gasteiger partial charge on any atom is -0.350 e. The molecule has 0 radical (unpaired) electrons. The Morgan fingerprint density at radius 2 is 1.59 bits per heavy atom. The highest BCUT2D eigenvalue weighted by Gasteiger charge is 2.39. The fraction of sp³-hybridized carbons (Fsp3) is 0.0800. The van der Waals surface area contributed by atoms with E-state index >= 15 is 0 Å². The van der Waals surface area contributed by atoms with Gasteiger partial charge in [-0.05, 0) is 60.5 Å².